The van der Waals surface area contributed by atoms with Crippen molar-refractivity contribution in [3.63, 3.8) is 0 Å². The standard InChI is InChI=1S/C30H20Cl2F2N6S/c31-25-9-1-21(2-10-25)29(39-19-35-17-37-39,23-5-13-27(33)14-6-23)41-30(40-20-36-18-38-40,22-3-11-26(32)12-4-22)24-7-15-28(34)16-8-24/h1-20H. The Labute approximate surface area is 248 Å². The van der Waals surface area contributed by atoms with E-state index >= 15 is 0 Å². The fourth-order valence-electron chi connectivity index (χ4n) is 4.85. The van der Waals surface area contributed by atoms with Gasteiger partial charge in [-0.2, -0.15) is 10.2 Å². The molecule has 2 aromatic heterocycles. The summed E-state index contributed by atoms with van der Waals surface area (Å²) in [4.78, 5) is 6.17. The monoisotopic (exact) mass is 604 g/mol. The van der Waals surface area contributed by atoms with Crippen LogP contribution >= 0.6 is 35.0 Å². The van der Waals surface area contributed by atoms with Crippen LogP contribution in [0, 0.1) is 11.6 Å². The highest BCUT2D eigenvalue weighted by atomic mass is 35.5. The molecule has 11 heteroatoms. The molecule has 0 bridgehead atoms. The van der Waals surface area contributed by atoms with E-state index in [1.807, 2.05) is 24.3 Å². The molecule has 2 heterocycles. The first-order chi connectivity index (χ1) is 19.9. The minimum atomic E-state index is -1.19. The molecule has 6 nitrogen and oxygen atoms in total. The Balaban J connectivity index is 1.74. The lowest BCUT2D eigenvalue weighted by Gasteiger charge is -2.44. The van der Waals surface area contributed by atoms with E-state index in [1.165, 1.54) is 48.7 Å². The van der Waals surface area contributed by atoms with Gasteiger partial charge in [-0.25, -0.2) is 28.1 Å². The van der Waals surface area contributed by atoms with Crippen molar-refractivity contribution in [3.05, 3.63) is 166 Å². The molecule has 204 valence electrons. The van der Waals surface area contributed by atoms with Gasteiger partial charge in [0.1, 0.15) is 36.9 Å². The van der Waals surface area contributed by atoms with Crippen LogP contribution in [0.4, 0.5) is 8.78 Å². The maximum atomic E-state index is 14.3. The zero-order valence-electron chi connectivity index (χ0n) is 21.2. The molecule has 0 saturated carbocycles. The predicted molar refractivity (Wildman–Crippen MR) is 156 cm³/mol. The molecule has 41 heavy (non-hydrogen) atoms. The molecule has 0 spiro atoms. The summed E-state index contributed by atoms with van der Waals surface area (Å²) in [6, 6.07) is 27.1. The van der Waals surface area contributed by atoms with E-state index in [1.54, 1.807) is 70.5 Å². The quantitative estimate of drug-likeness (QED) is 0.181. The Kier molecular flexibility index (Phi) is 7.33. The number of hydrogen-bond donors (Lipinski definition) is 0. The van der Waals surface area contributed by atoms with Crippen molar-refractivity contribution in [2.24, 2.45) is 0 Å². The van der Waals surface area contributed by atoms with Gasteiger partial charge in [-0.15, -0.1) is 0 Å². The van der Waals surface area contributed by atoms with Gasteiger partial charge in [-0.1, -0.05) is 83.5 Å². The molecule has 0 aliphatic carbocycles. The normalized spacial score (nSPS) is 14.3. The lowest BCUT2D eigenvalue weighted by atomic mass is 9.96. The highest BCUT2D eigenvalue weighted by molar-refractivity contribution is 8.01. The highest BCUT2D eigenvalue weighted by Crippen LogP contribution is 2.56. The number of thioether (sulfide) groups is 1. The van der Waals surface area contributed by atoms with Crippen molar-refractivity contribution in [2.45, 2.75) is 9.74 Å². The van der Waals surface area contributed by atoms with Gasteiger partial charge < -0.3 is 0 Å². The van der Waals surface area contributed by atoms with Crippen molar-refractivity contribution < 1.29 is 8.78 Å². The van der Waals surface area contributed by atoms with Crippen LogP contribution in [0.3, 0.4) is 0 Å². The molecule has 0 N–H and O–H groups in total. The first-order valence-electron chi connectivity index (χ1n) is 12.4. The summed E-state index contributed by atoms with van der Waals surface area (Å²) in [6.07, 6.45) is 6.07. The van der Waals surface area contributed by atoms with Crippen LogP contribution < -0.4 is 0 Å². The SMILES string of the molecule is Fc1ccc(C(SC(c2ccc(F)cc2)(c2ccc(Cl)cc2)n2cncn2)(c2ccc(Cl)cc2)n2cncn2)cc1. The smallest absolute Gasteiger partial charge is 0.163 e. The summed E-state index contributed by atoms with van der Waals surface area (Å²) in [5.74, 6) is -0.776. The molecule has 6 rings (SSSR count). The van der Waals surface area contributed by atoms with Crippen LogP contribution in [0.1, 0.15) is 22.3 Å². The van der Waals surface area contributed by atoms with Crippen molar-refractivity contribution in [1.29, 1.82) is 0 Å². The van der Waals surface area contributed by atoms with E-state index in [4.69, 9.17) is 23.2 Å². The Morgan fingerprint density at radius 3 is 1.12 bits per heavy atom. The third kappa shape index (κ3) is 4.90. The van der Waals surface area contributed by atoms with Gasteiger partial charge >= 0.3 is 0 Å². The molecular weight excluding hydrogens is 585 g/mol. The number of benzene rings is 4. The van der Waals surface area contributed by atoms with Crippen LogP contribution in [0.5, 0.6) is 0 Å². The largest absolute Gasteiger partial charge is 0.228 e. The molecular formula is C30H20Cl2F2N6S. The van der Waals surface area contributed by atoms with Crippen molar-refractivity contribution in [2.75, 3.05) is 0 Å². The van der Waals surface area contributed by atoms with Crippen molar-refractivity contribution in [3.8, 4) is 0 Å². The molecule has 0 fully saturated rings. The van der Waals surface area contributed by atoms with Gasteiger partial charge in [-0.05, 0) is 70.8 Å². The number of nitrogens with zero attached hydrogens (tertiary/aromatic N) is 6. The van der Waals surface area contributed by atoms with Gasteiger partial charge in [0.15, 0.2) is 9.74 Å². The van der Waals surface area contributed by atoms with Crippen molar-refractivity contribution in [1.82, 2.24) is 29.5 Å². The van der Waals surface area contributed by atoms with Crippen LogP contribution in [-0.2, 0) is 9.74 Å². The fraction of sp³-hybridized carbons (Fsp3) is 0.0667. The van der Waals surface area contributed by atoms with E-state index in [-0.39, 0.29) is 11.6 Å². The number of hydrogen-bond acceptors (Lipinski definition) is 5. The van der Waals surface area contributed by atoms with E-state index in [2.05, 4.69) is 20.2 Å². The molecule has 0 radical (unpaired) electrons. The zero-order chi connectivity index (χ0) is 28.5. The lowest BCUT2D eigenvalue weighted by molar-refractivity contribution is 0.498. The summed E-state index contributed by atoms with van der Waals surface area (Å²) in [7, 11) is 0. The topological polar surface area (TPSA) is 61.4 Å². The van der Waals surface area contributed by atoms with Gasteiger partial charge in [0, 0.05) is 10.0 Å². The van der Waals surface area contributed by atoms with Gasteiger partial charge in [0.2, 0.25) is 0 Å². The molecule has 6 aromatic rings. The van der Waals surface area contributed by atoms with E-state index < -0.39 is 9.74 Å². The molecule has 0 amide bonds. The minimum absolute atomic E-state index is 0.388. The summed E-state index contributed by atoms with van der Waals surface area (Å²) in [5, 5.41) is 10.3. The number of halogens is 4. The molecule has 2 unspecified atom stereocenters. The van der Waals surface area contributed by atoms with Crippen LogP contribution in [0.15, 0.2) is 122 Å². The fourth-order valence-corrected chi connectivity index (χ4v) is 6.92. The second kappa shape index (κ2) is 11.1. The predicted octanol–water partition coefficient (Wildman–Crippen LogP) is 7.39. The maximum absolute atomic E-state index is 14.3. The third-order valence-corrected chi connectivity index (χ3v) is 9.13. The Bertz CT molecular complexity index is 1510. The maximum Gasteiger partial charge on any atom is 0.163 e. The van der Waals surface area contributed by atoms with Crippen molar-refractivity contribution >= 4 is 35.0 Å². The first-order valence-corrected chi connectivity index (χ1v) is 13.9. The van der Waals surface area contributed by atoms with E-state index in [0.29, 0.717) is 21.2 Å². The number of rotatable bonds is 8. The third-order valence-electron chi connectivity index (χ3n) is 6.72. The van der Waals surface area contributed by atoms with Crippen LogP contribution in [0.25, 0.3) is 0 Å². The molecule has 0 saturated heterocycles. The molecule has 0 aliphatic rings. The van der Waals surface area contributed by atoms with Gasteiger partial charge in [0.25, 0.3) is 0 Å². The minimum Gasteiger partial charge on any atom is -0.228 e. The average molecular weight is 606 g/mol. The Morgan fingerprint density at radius 1 is 0.512 bits per heavy atom. The first kappa shape index (κ1) is 27.1. The lowest BCUT2D eigenvalue weighted by Crippen LogP contribution is -2.43. The molecule has 4 aromatic carbocycles. The Hall–Kier alpha value is -4.05. The summed E-state index contributed by atoms with van der Waals surface area (Å²) in [6.45, 7) is 0. The second-order valence-corrected chi connectivity index (χ2v) is 11.4. The zero-order valence-corrected chi connectivity index (χ0v) is 23.5. The van der Waals surface area contributed by atoms with E-state index in [9.17, 15) is 8.78 Å². The van der Waals surface area contributed by atoms with Crippen LogP contribution in [-0.4, -0.2) is 29.5 Å². The summed E-state index contributed by atoms with van der Waals surface area (Å²) < 4.78 is 32.0. The molecule has 0 aliphatic heterocycles. The van der Waals surface area contributed by atoms with Gasteiger partial charge in [-0.3, -0.25) is 0 Å². The second-order valence-electron chi connectivity index (χ2n) is 9.10. The number of aromatic nitrogens is 6. The summed E-state index contributed by atoms with van der Waals surface area (Å²) in [5.41, 5.74) is 2.92. The van der Waals surface area contributed by atoms with E-state index in [0.717, 1.165) is 11.1 Å². The average Bonchev–Trinajstić information content (AvgIpc) is 3.72. The van der Waals surface area contributed by atoms with Gasteiger partial charge in [0.05, 0.1) is 0 Å². The highest BCUT2D eigenvalue weighted by Gasteiger charge is 2.50. The van der Waals surface area contributed by atoms with Crippen LogP contribution in [0.2, 0.25) is 10.0 Å². The molecule has 2 atom stereocenters. The Morgan fingerprint density at radius 2 is 0.829 bits per heavy atom. The summed E-state index contributed by atoms with van der Waals surface area (Å²) >= 11 is 14.1.